The second-order valence-corrected chi connectivity index (χ2v) is 6.72. The highest BCUT2D eigenvalue weighted by atomic mass is 16.2. The Morgan fingerprint density at radius 1 is 1.35 bits per heavy atom. The highest BCUT2D eigenvalue weighted by molar-refractivity contribution is 5.82. The lowest BCUT2D eigenvalue weighted by Gasteiger charge is -2.32. The predicted octanol–water partition coefficient (Wildman–Crippen LogP) is 2.26. The molecule has 1 amide bonds. The first-order valence-corrected chi connectivity index (χ1v) is 6.74. The molecule has 100 valence electrons. The molecule has 0 aromatic heterocycles. The van der Waals surface area contributed by atoms with Crippen LogP contribution in [0.4, 0.5) is 0 Å². The van der Waals surface area contributed by atoms with Crippen molar-refractivity contribution < 1.29 is 4.79 Å². The minimum Gasteiger partial charge on any atom is -0.342 e. The van der Waals surface area contributed by atoms with E-state index in [4.69, 9.17) is 5.73 Å². The van der Waals surface area contributed by atoms with E-state index in [2.05, 4.69) is 20.8 Å². The fourth-order valence-corrected chi connectivity index (χ4v) is 2.42. The van der Waals surface area contributed by atoms with Crippen molar-refractivity contribution in [2.45, 2.75) is 47.5 Å². The van der Waals surface area contributed by atoms with E-state index in [1.807, 2.05) is 18.7 Å². The normalized spacial score (nSPS) is 24.8. The number of hydrogen-bond acceptors (Lipinski definition) is 2. The summed E-state index contributed by atoms with van der Waals surface area (Å²) in [6.07, 6.45) is 1.94. The van der Waals surface area contributed by atoms with Crippen LogP contribution in [0, 0.1) is 16.7 Å². The third-order valence-electron chi connectivity index (χ3n) is 4.45. The Balaban J connectivity index is 2.69. The Kier molecular flexibility index (Phi) is 4.23. The third kappa shape index (κ3) is 3.01. The number of nitrogens with zero attached hydrogens (tertiary/aromatic N) is 1. The van der Waals surface area contributed by atoms with Crippen molar-refractivity contribution in [1.82, 2.24) is 4.90 Å². The zero-order valence-electron chi connectivity index (χ0n) is 12.0. The van der Waals surface area contributed by atoms with E-state index in [1.165, 1.54) is 0 Å². The summed E-state index contributed by atoms with van der Waals surface area (Å²) in [5, 5.41) is 0. The number of amides is 1. The monoisotopic (exact) mass is 240 g/mol. The lowest BCUT2D eigenvalue weighted by atomic mass is 9.80. The Hall–Kier alpha value is -0.570. The molecule has 0 aromatic rings. The fourth-order valence-electron chi connectivity index (χ4n) is 2.42. The van der Waals surface area contributed by atoms with Crippen molar-refractivity contribution in [1.29, 1.82) is 0 Å². The van der Waals surface area contributed by atoms with Crippen molar-refractivity contribution in [3.63, 3.8) is 0 Å². The van der Waals surface area contributed by atoms with E-state index in [1.54, 1.807) is 0 Å². The summed E-state index contributed by atoms with van der Waals surface area (Å²) in [4.78, 5) is 14.5. The van der Waals surface area contributed by atoms with Gasteiger partial charge in [0.15, 0.2) is 0 Å². The molecule has 1 fully saturated rings. The minimum absolute atomic E-state index is 0.245. The van der Waals surface area contributed by atoms with Gasteiger partial charge in [0.2, 0.25) is 5.91 Å². The molecule has 1 saturated heterocycles. The molecule has 0 aromatic carbocycles. The molecule has 0 aliphatic carbocycles. The van der Waals surface area contributed by atoms with Gasteiger partial charge in [-0.1, -0.05) is 27.7 Å². The van der Waals surface area contributed by atoms with Crippen LogP contribution in [0.1, 0.15) is 47.5 Å². The summed E-state index contributed by atoms with van der Waals surface area (Å²) < 4.78 is 0. The Bertz CT molecular complexity index is 276. The lowest BCUT2D eigenvalue weighted by molar-refractivity contribution is -0.140. The van der Waals surface area contributed by atoms with Crippen molar-refractivity contribution in [2.24, 2.45) is 22.5 Å². The molecular formula is C14H28N2O. The molecule has 0 saturated carbocycles. The second kappa shape index (κ2) is 4.97. The van der Waals surface area contributed by atoms with Crippen LogP contribution in [0.2, 0.25) is 0 Å². The smallest absolute Gasteiger partial charge is 0.229 e. The zero-order valence-corrected chi connectivity index (χ0v) is 12.0. The van der Waals surface area contributed by atoms with Crippen LogP contribution in [-0.2, 0) is 4.79 Å². The molecular weight excluding hydrogens is 212 g/mol. The first-order valence-electron chi connectivity index (χ1n) is 6.74. The summed E-state index contributed by atoms with van der Waals surface area (Å²) in [7, 11) is 0. The second-order valence-electron chi connectivity index (χ2n) is 6.72. The molecule has 3 heteroatoms. The van der Waals surface area contributed by atoms with Gasteiger partial charge in [-0.2, -0.15) is 0 Å². The summed E-state index contributed by atoms with van der Waals surface area (Å²) in [5.74, 6) is 0.861. The van der Waals surface area contributed by atoms with E-state index in [0.717, 1.165) is 25.9 Å². The van der Waals surface area contributed by atoms with E-state index < -0.39 is 0 Å². The van der Waals surface area contributed by atoms with Gasteiger partial charge in [-0.25, -0.2) is 0 Å². The number of hydrogen-bond donors (Lipinski definition) is 1. The zero-order chi connectivity index (χ0) is 13.3. The molecule has 0 spiro atoms. The van der Waals surface area contributed by atoms with Crippen molar-refractivity contribution in [3.8, 4) is 0 Å². The van der Waals surface area contributed by atoms with E-state index in [9.17, 15) is 4.79 Å². The highest BCUT2D eigenvalue weighted by Crippen LogP contribution is 2.35. The number of carbonyl (C=O) groups is 1. The summed E-state index contributed by atoms with van der Waals surface area (Å²) in [6.45, 7) is 13.0. The van der Waals surface area contributed by atoms with Gasteiger partial charge >= 0.3 is 0 Å². The first kappa shape index (κ1) is 14.5. The maximum atomic E-state index is 12.4. The number of likely N-dealkylation sites (tertiary alicyclic amines) is 1. The topological polar surface area (TPSA) is 46.3 Å². The molecule has 2 N–H and O–H groups in total. The molecule has 2 atom stereocenters. The predicted molar refractivity (Wildman–Crippen MR) is 71.6 cm³/mol. The quantitative estimate of drug-likeness (QED) is 0.822. The number of nitrogens with two attached hydrogens (primary N) is 1. The maximum Gasteiger partial charge on any atom is 0.229 e. The van der Waals surface area contributed by atoms with E-state index in [-0.39, 0.29) is 11.3 Å². The number of rotatable bonds is 3. The van der Waals surface area contributed by atoms with Crippen LogP contribution in [0.3, 0.4) is 0 Å². The van der Waals surface area contributed by atoms with Gasteiger partial charge in [0.1, 0.15) is 0 Å². The standard InChI is InChI=1S/C14H28N2O/c1-6-14(5,10-15)12(17)16-8-7-11(9-16)13(2,3)4/h11H,6-10,15H2,1-5H3. The van der Waals surface area contributed by atoms with Crippen LogP contribution in [-0.4, -0.2) is 30.4 Å². The molecule has 1 aliphatic heterocycles. The van der Waals surface area contributed by atoms with Gasteiger partial charge in [-0.15, -0.1) is 0 Å². The largest absolute Gasteiger partial charge is 0.342 e. The van der Waals surface area contributed by atoms with Gasteiger partial charge in [-0.05, 0) is 31.1 Å². The average molecular weight is 240 g/mol. The van der Waals surface area contributed by atoms with Crippen molar-refractivity contribution in [2.75, 3.05) is 19.6 Å². The highest BCUT2D eigenvalue weighted by Gasteiger charge is 2.39. The summed E-state index contributed by atoms with van der Waals surface area (Å²) >= 11 is 0. The van der Waals surface area contributed by atoms with Crippen LogP contribution < -0.4 is 5.73 Å². The van der Waals surface area contributed by atoms with Gasteiger partial charge in [-0.3, -0.25) is 4.79 Å². The summed E-state index contributed by atoms with van der Waals surface area (Å²) in [5.41, 5.74) is 5.68. The summed E-state index contributed by atoms with van der Waals surface area (Å²) in [6, 6.07) is 0. The van der Waals surface area contributed by atoms with Crippen LogP contribution in [0.15, 0.2) is 0 Å². The fraction of sp³-hybridized carbons (Fsp3) is 0.929. The molecule has 1 rings (SSSR count). The Labute approximate surface area is 106 Å². The van der Waals surface area contributed by atoms with Crippen LogP contribution >= 0.6 is 0 Å². The molecule has 1 aliphatic rings. The number of carbonyl (C=O) groups excluding carboxylic acids is 1. The molecule has 1 heterocycles. The Morgan fingerprint density at radius 3 is 2.29 bits per heavy atom. The van der Waals surface area contributed by atoms with E-state index >= 15 is 0 Å². The maximum absolute atomic E-state index is 12.4. The SMILES string of the molecule is CCC(C)(CN)C(=O)N1CCC(C(C)(C)C)C1. The van der Waals surface area contributed by atoms with Gasteiger partial charge in [0, 0.05) is 19.6 Å². The third-order valence-corrected chi connectivity index (χ3v) is 4.45. The van der Waals surface area contributed by atoms with Crippen LogP contribution in [0.25, 0.3) is 0 Å². The molecule has 0 radical (unpaired) electrons. The molecule has 0 bridgehead atoms. The average Bonchev–Trinajstić information content (AvgIpc) is 2.75. The van der Waals surface area contributed by atoms with Gasteiger partial charge in [0.25, 0.3) is 0 Å². The molecule has 2 unspecified atom stereocenters. The van der Waals surface area contributed by atoms with Crippen molar-refractivity contribution >= 4 is 5.91 Å². The molecule has 17 heavy (non-hydrogen) atoms. The minimum atomic E-state index is -0.368. The van der Waals surface area contributed by atoms with Gasteiger partial charge in [0.05, 0.1) is 5.41 Å². The first-order chi connectivity index (χ1) is 7.74. The van der Waals surface area contributed by atoms with E-state index in [0.29, 0.717) is 17.9 Å². The van der Waals surface area contributed by atoms with Crippen molar-refractivity contribution in [3.05, 3.63) is 0 Å². The molecule has 3 nitrogen and oxygen atoms in total. The lowest BCUT2D eigenvalue weighted by Crippen LogP contribution is -2.45. The van der Waals surface area contributed by atoms with Crippen LogP contribution in [0.5, 0.6) is 0 Å². The van der Waals surface area contributed by atoms with Gasteiger partial charge < -0.3 is 10.6 Å². The Morgan fingerprint density at radius 2 is 1.94 bits per heavy atom.